The van der Waals surface area contributed by atoms with E-state index >= 15 is 0 Å². The Morgan fingerprint density at radius 3 is 2.35 bits per heavy atom. The minimum Gasteiger partial charge on any atom is -0.480 e. The third-order valence-electron chi connectivity index (χ3n) is 2.74. The minimum absolute atomic E-state index is 0.0217. The van der Waals surface area contributed by atoms with Gasteiger partial charge in [0, 0.05) is 17.7 Å². The van der Waals surface area contributed by atoms with E-state index in [0.29, 0.717) is 18.4 Å². The van der Waals surface area contributed by atoms with Gasteiger partial charge in [-0.3, -0.25) is 9.59 Å². The van der Waals surface area contributed by atoms with E-state index in [9.17, 15) is 14.4 Å². The van der Waals surface area contributed by atoms with E-state index in [2.05, 4.69) is 17.9 Å². The van der Waals surface area contributed by atoms with Crippen molar-refractivity contribution in [3.8, 4) is 0 Å². The van der Waals surface area contributed by atoms with Gasteiger partial charge in [-0.25, -0.2) is 4.79 Å². The van der Waals surface area contributed by atoms with Crippen molar-refractivity contribution >= 4 is 30.3 Å². The molecule has 0 aliphatic heterocycles. The van der Waals surface area contributed by atoms with Gasteiger partial charge in [0.05, 0.1) is 5.56 Å². The first kappa shape index (κ1) is 16.2. The summed E-state index contributed by atoms with van der Waals surface area (Å²) >= 11 is 3.88. The summed E-state index contributed by atoms with van der Waals surface area (Å²) in [6, 6.07) is 5.31. The number of aliphatic carboxylic acids is 1. The number of carboxylic acid groups (broad SMARTS) is 1. The molecule has 0 bridgehead atoms. The molecule has 0 radical (unpaired) electrons. The van der Waals surface area contributed by atoms with Crippen molar-refractivity contribution in [3.63, 3.8) is 0 Å². The van der Waals surface area contributed by atoms with E-state index in [1.165, 1.54) is 6.07 Å². The van der Waals surface area contributed by atoms with Crippen LogP contribution in [-0.2, 0) is 4.79 Å². The number of carbonyl (C=O) groups excluding carboxylic acids is 2. The number of thiol groups is 1. The lowest BCUT2D eigenvalue weighted by Crippen LogP contribution is -2.42. The minimum atomic E-state index is -1.16. The quantitative estimate of drug-likeness (QED) is 0.529. The molecule has 108 valence electrons. The van der Waals surface area contributed by atoms with E-state index in [-0.39, 0.29) is 17.1 Å². The summed E-state index contributed by atoms with van der Waals surface area (Å²) in [7, 11) is 0. The van der Waals surface area contributed by atoms with Gasteiger partial charge in [-0.1, -0.05) is 25.1 Å². The second kappa shape index (κ2) is 7.69. The maximum Gasteiger partial charge on any atom is 0.327 e. The Bertz CT molecular complexity index is 516. The molecule has 0 spiro atoms. The number of carboxylic acids is 1. The van der Waals surface area contributed by atoms with Crippen molar-refractivity contribution in [3.05, 3.63) is 35.4 Å². The van der Waals surface area contributed by atoms with Gasteiger partial charge in [-0.05, 0) is 12.5 Å². The van der Waals surface area contributed by atoms with Gasteiger partial charge in [-0.2, -0.15) is 12.6 Å². The second-order valence-electron chi connectivity index (χ2n) is 4.27. The van der Waals surface area contributed by atoms with Crippen LogP contribution in [0.2, 0.25) is 0 Å². The van der Waals surface area contributed by atoms with E-state index in [0.717, 1.165) is 0 Å². The van der Waals surface area contributed by atoms with Crippen LogP contribution < -0.4 is 5.32 Å². The zero-order valence-corrected chi connectivity index (χ0v) is 12.0. The topological polar surface area (TPSA) is 83.5 Å². The Hall–Kier alpha value is -1.82. The van der Waals surface area contributed by atoms with Gasteiger partial charge >= 0.3 is 5.97 Å². The number of amides is 1. The van der Waals surface area contributed by atoms with Crippen LogP contribution in [0.15, 0.2) is 24.3 Å². The number of Topliss-reactive ketones (excluding diaryl/α,β-unsaturated/α-hetero) is 1. The number of hydrogen-bond donors (Lipinski definition) is 3. The third-order valence-corrected chi connectivity index (χ3v) is 3.10. The second-order valence-corrected chi connectivity index (χ2v) is 4.63. The van der Waals surface area contributed by atoms with E-state index < -0.39 is 17.9 Å². The first-order valence-corrected chi connectivity index (χ1v) is 6.91. The molecular formula is C14H17NO4S. The van der Waals surface area contributed by atoms with Gasteiger partial charge in [0.25, 0.3) is 5.91 Å². The van der Waals surface area contributed by atoms with Crippen LogP contribution in [0.5, 0.6) is 0 Å². The monoisotopic (exact) mass is 295 g/mol. The zero-order chi connectivity index (χ0) is 15.1. The fourth-order valence-corrected chi connectivity index (χ4v) is 1.95. The molecule has 0 aliphatic carbocycles. The molecule has 1 aromatic rings. The van der Waals surface area contributed by atoms with Gasteiger partial charge in [0.15, 0.2) is 5.78 Å². The maximum absolute atomic E-state index is 12.1. The molecule has 1 amide bonds. The average molecular weight is 295 g/mol. The van der Waals surface area contributed by atoms with Gasteiger partial charge in [0.1, 0.15) is 6.04 Å². The van der Waals surface area contributed by atoms with Crippen LogP contribution in [-0.4, -0.2) is 34.6 Å². The summed E-state index contributed by atoms with van der Waals surface area (Å²) in [5, 5.41) is 11.3. The van der Waals surface area contributed by atoms with Gasteiger partial charge < -0.3 is 10.4 Å². The summed E-state index contributed by atoms with van der Waals surface area (Å²) < 4.78 is 0. The summed E-state index contributed by atoms with van der Waals surface area (Å²) in [4.78, 5) is 34.9. The lowest BCUT2D eigenvalue weighted by Gasteiger charge is -2.13. The highest BCUT2D eigenvalue weighted by atomic mass is 32.1. The highest BCUT2D eigenvalue weighted by Gasteiger charge is 2.22. The van der Waals surface area contributed by atoms with Crippen LogP contribution in [0.3, 0.4) is 0 Å². The Kier molecular flexibility index (Phi) is 6.24. The fourth-order valence-electron chi connectivity index (χ4n) is 1.71. The molecule has 6 heteroatoms. The molecule has 2 N–H and O–H groups in total. The number of rotatable bonds is 7. The van der Waals surface area contributed by atoms with E-state index in [1.54, 1.807) is 18.2 Å². The Morgan fingerprint density at radius 1 is 1.25 bits per heavy atom. The van der Waals surface area contributed by atoms with Gasteiger partial charge in [-0.15, -0.1) is 0 Å². The number of carbonyl (C=O) groups is 3. The normalized spacial score (nSPS) is 11.7. The zero-order valence-electron chi connectivity index (χ0n) is 11.1. The van der Waals surface area contributed by atoms with Crippen LogP contribution in [0, 0.1) is 0 Å². The number of ketones is 1. The highest BCUT2D eigenvalue weighted by Crippen LogP contribution is 2.12. The largest absolute Gasteiger partial charge is 0.480 e. The number of benzene rings is 1. The summed E-state index contributed by atoms with van der Waals surface area (Å²) in [5.74, 6) is -1.89. The van der Waals surface area contributed by atoms with Crippen molar-refractivity contribution in [1.82, 2.24) is 5.32 Å². The van der Waals surface area contributed by atoms with Crippen LogP contribution in [0.25, 0.3) is 0 Å². The maximum atomic E-state index is 12.1. The van der Waals surface area contributed by atoms with Crippen LogP contribution in [0.1, 0.15) is 40.5 Å². The van der Waals surface area contributed by atoms with Crippen molar-refractivity contribution in [2.45, 2.75) is 25.8 Å². The predicted octanol–water partition coefficient (Wildman–Crippen LogP) is 1.78. The predicted molar refractivity (Wildman–Crippen MR) is 78.4 cm³/mol. The standard InChI is InChI=1S/C14H17NO4S/c1-2-5-12(16)9-6-3-4-7-10(9)13(17)15-11(8-20)14(18)19/h3-4,6-7,11,20H,2,5,8H2,1H3,(H,15,17)(H,18,19)/t11-/m0/s1. The average Bonchev–Trinajstić information content (AvgIpc) is 2.44. The Morgan fingerprint density at radius 2 is 1.85 bits per heavy atom. The Balaban J connectivity index is 2.98. The van der Waals surface area contributed by atoms with Gasteiger partial charge in [0.2, 0.25) is 0 Å². The molecule has 0 saturated heterocycles. The van der Waals surface area contributed by atoms with E-state index in [1.807, 2.05) is 6.92 Å². The summed E-state index contributed by atoms with van der Waals surface area (Å²) in [5.41, 5.74) is 0.508. The summed E-state index contributed by atoms with van der Waals surface area (Å²) in [6.07, 6.45) is 1.03. The highest BCUT2D eigenvalue weighted by molar-refractivity contribution is 7.80. The molecule has 1 rings (SSSR count). The molecular weight excluding hydrogens is 278 g/mol. The molecule has 0 aromatic heterocycles. The molecule has 20 heavy (non-hydrogen) atoms. The lowest BCUT2D eigenvalue weighted by molar-refractivity contribution is -0.138. The van der Waals surface area contributed by atoms with Crippen LogP contribution in [0.4, 0.5) is 0 Å². The third kappa shape index (κ3) is 4.09. The molecule has 0 heterocycles. The van der Waals surface area contributed by atoms with Crippen LogP contribution >= 0.6 is 12.6 Å². The number of nitrogens with one attached hydrogen (secondary N) is 1. The van der Waals surface area contributed by atoms with Crippen molar-refractivity contribution in [2.24, 2.45) is 0 Å². The Labute approximate surface area is 122 Å². The van der Waals surface area contributed by atoms with Crippen molar-refractivity contribution < 1.29 is 19.5 Å². The molecule has 0 unspecified atom stereocenters. The lowest BCUT2D eigenvalue weighted by atomic mass is 10.00. The summed E-state index contributed by atoms with van der Waals surface area (Å²) in [6.45, 7) is 1.88. The smallest absolute Gasteiger partial charge is 0.327 e. The van der Waals surface area contributed by atoms with E-state index in [4.69, 9.17) is 5.11 Å². The molecule has 0 aliphatic rings. The molecule has 0 fully saturated rings. The van der Waals surface area contributed by atoms with Crippen molar-refractivity contribution in [2.75, 3.05) is 5.75 Å². The first-order chi connectivity index (χ1) is 9.51. The fraction of sp³-hybridized carbons (Fsp3) is 0.357. The molecule has 1 atom stereocenters. The van der Waals surface area contributed by atoms with Crippen molar-refractivity contribution in [1.29, 1.82) is 0 Å². The number of hydrogen-bond acceptors (Lipinski definition) is 4. The first-order valence-electron chi connectivity index (χ1n) is 6.28. The SMILES string of the molecule is CCCC(=O)c1ccccc1C(=O)N[C@@H](CS)C(=O)O. The molecule has 0 saturated carbocycles. The molecule has 1 aromatic carbocycles. The molecule has 5 nitrogen and oxygen atoms in total.